The number of benzene rings is 1. The van der Waals surface area contributed by atoms with Crippen molar-refractivity contribution < 1.29 is 31.1 Å². The number of carbonyl (C=O) groups is 1. The molecule has 0 spiro atoms. The molecule has 0 unspecified atom stereocenters. The maximum atomic E-state index is 12.8. The molecule has 0 heterocycles. The fourth-order valence-corrected chi connectivity index (χ4v) is 2.74. The summed E-state index contributed by atoms with van der Waals surface area (Å²) in [7, 11) is -3.04. The minimum absolute atomic E-state index is 0.163. The molecule has 0 bridgehead atoms. The van der Waals surface area contributed by atoms with Crippen LogP contribution in [0.3, 0.4) is 0 Å². The van der Waals surface area contributed by atoms with Gasteiger partial charge in [-0.15, -0.1) is 0 Å². The first-order valence-electron chi connectivity index (χ1n) is 6.10. The van der Waals surface area contributed by atoms with Gasteiger partial charge < -0.3 is 10.1 Å². The number of nitrogens with one attached hydrogen (secondary N) is 2. The Morgan fingerprint density at radius 3 is 2.50 bits per heavy atom. The molecular weight excluding hydrogens is 325 g/mol. The minimum atomic E-state index is -4.81. The lowest BCUT2D eigenvalue weighted by Crippen LogP contribution is -2.38. The second-order valence-corrected chi connectivity index (χ2v) is 5.90. The molecule has 10 heteroatoms. The smallest absolute Gasteiger partial charge is 0.383 e. The number of halogens is 3. The van der Waals surface area contributed by atoms with Gasteiger partial charge in [0, 0.05) is 13.7 Å². The van der Waals surface area contributed by atoms with E-state index in [4.69, 9.17) is 0 Å². The lowest BCUT2D eigenvalue weighted by atomic mass is 10.2. The van der Waals surface area contributed by atoms with Gasteiger partial charge in [-0.25, -0.2) is 13.1 Å². The molecule has 2 N–H and O–H groups in total. The summed E-state index contributed by atoms with van der Waals surface area (Å²) < 4.78 is 68.7. The summed E-state index contributed by atoms with van der Waals surface area (Å²) >= 11 is 0. The Morgan fingerprint density at radius 1 is 1.27 bits per heavy atom. The molecule has 0 saturated heterocycles. The monoisotopic (exact) mass is 340 g/mol. The summed E-state index contributed by atoms with van der Waals surface area (Å²) in [6.07, 6.45) is -4.81. The van der Waals surface area contributed by atoms with E-state index in [2.05, 4.69) is 10.1 Å². The van der Waals surface area contributed by atoms with E-state index < -0.39 is 39.1 Å². The summed E-state index contributed by atoms with van der Waals surface area (Å²) in [4.78, 5) is 10.4. The molecule has 6 nitrogen and oxygen atoms in total. The van der Waals surface area contributed by atoms with Crippen molar-refractivity contribution in [1.82, 2.24) is 10.0 Å². The van der Waals surface area contributed by atoms with Crippen molar-refractivity contribution in [2.75, 3.05) is 26.8 Å². The van der Waals surface area contributed by atoms with Gasteiger partial charge in [-0.2, -0.15) is 13.2 Å². The Kier molecular flexibility index (Phi) is 6.33. The van der Waals surface area contributed by atoms with Crippen LogP contribution in [0.4, 0.5) is 13.2 Å². The normalized spacial score (nSPS) is 12.2. The lowest BCUT2D eigenvalue weighted by molar-refractivity contribution is -0.139. The zero-order valence-corrected chi connectivity index (χ0v) is 12.4. The van der Waals surface area contributed by atoms with E-state index in [0.717, 1.165) is 12.1 Å². The number of rotatable bonds is 7. The SMILES string of the molecule is COCCNC(=O)CNS(=O)(=O)c1ccccc1C(F)(F)F. The molecule has 0 aromatic heterocycles. The average molecular weight is 340 g/mol. The highest BCUT2D eigenvalue weighted by Crippen LogP contribution is 2.33. The van der Waals surface area contributed by atoms with Crippen LogP contribution in [0.25, 0.3) is 0 Å². The van der Waals surface area contributed by atoms with Gasteiger partial charge >= 0.3 is 6.18 Å². The van der Waals surface area contributed by atoms with E-state index in [-0.39, 0.29) is 13.2 Å². The minimum Gasteiger partial charge on any atom is -0.383 e. The van der Waals surface area contributed by atoms with E-state index >= 15 is 0 Å². The first kappa shape index (κ1) is 18.4. The van der Waals surface area contributed by atoms with Crippen molar-refractivity contribution in [2.24, 2.45) is 0 Å². The zero-order valence-electron chi connectivity index (χ0n) is 11.6. The second-order valence-electron chi connectivity index (χ2n) is 4.16. The Morgan fingerprint density at radius 2 is 1.91 bits per heavy atom. The molecule has 124 valence electrons. The number of sulfonamides is 1. The maximum Gasteiger partial charge on any atom is 0.417 e. The van der Waals surface area contributed by atoms with Crippen LogP contribution in [-0.2, 0) is 25.7 Å². The quantitative estimate of drug-likeness (QED) is 0.717. The predicted octanol–water partition coefficient (Wildman–Crippen LogP) is 0.746. The van der Waals surface area contributed by atoms with Gasteiger partial charge in [-0.05, 0) is 12.1 Å². The summed E-state index contributed by atoms with van der Waals surface area (Å²) in [6, 6.07) is 3.74. The van der Waals surface area contributed by atoms with Crippen molar-refractivity contribution in [3.05, 3.63) is 29.8 Å². The predicted molar refractivity (Wildman–Crippen MR) is 71.5 cm³/mol. The molecule has 1 rings (SSSR count). The number of hydrogen-bond donors (Lipinski definition) is 2. The highest BCUT2D eigenvalue weighted by Gasteiger charge is 2.36. The highest BCUT2D eigenvalue weighted by atomic mass is 32.2. The van der Waals surface area contributed by atoms with Gasteiger partial charge in [-0.3, -0.25) is 4.79 Å². The molecule has 1 aromatic carbocycles. The Bertz CT molecular complexity index is 617. The van der Waals surface area contributed by atoms with Crippen LogP contribution in [0.15, 0.2) is 29.2 Å². The van der Waals surface area contributed by atoms with Crippen LogP contribution in [0.1, 0.15) is 5.56 Å². The first-order chi connectivity index (χ1) is 10.2. The molecule has 0 aliphatic carbocycles. The second kappa shape index (κ2) is 7.56. The molecule has 1 amide bonds. The van der Waals surface area contributed by atoms with Gasteiger partial charge in [0.1, 0.15) is 0 Å². The molecule has 22 heavy (non-hydrogen) atoms. The molecule has 0 aliphatic heterocycles. The van der Waals surface area contributed by atoms with Crippen LogP contribution in [0.2, 0.25) is 0 Å². The number of carbonyl (C=O) groups excluding carboxylic acids is 1. The van der Waals surface area contributed by atoms with Crippen LogP contribution in [-0.4, -0.2) is 41.1 Å². The van der Waals surface area contributed by atoms with Gasteiger partial charge in [0.15, 0.2) is 0 Å². The average Bonchev–Trinajstić information content (AvgIpc) is 2.45. The van der Waals surface area contributed by atoms with E-state index in [0.29, 0.717) is 6.07 Å². The van der Waals surface area contributed by atoms with Crippen molar-refractivity contribution in [3.8, 4) is 0 Å². The van der Waals surface area contributed by atoms with E-state index in [1.165, 1.54) is 13.2 Å². The summed E-state index contributed by atoms with van der Waals surface area (Å²) in [5, 5.41) is 2.34. The van der Waals surface area contributed by atoms with Crippen LogP contribution < -0.4 is 10.0 Å². The standard InChI is InChI=1S/C12H15F3N2O4S/c1-21-7-6-16-11(18)8-17-22(19,20)10-5-3-2-4-9(10)12(13,14)15/h2-5,17H,6-8H2,1H3,(H,16,18). The maximum absolute atomic E-state index is 12.8. The fourth-order valence-electron chi connectivity index (χ4n) is 1.53. The summed E-state index contributed by atoms with van der Waals surface area (Å²) in [5.41, 5.74) is -1.29. The van der Waals surface area contributed by atoms with Crippen molar-refractivity contribution in [1.29, 1.82) is 0 Å². The van der Waals surface area contributed by atoms with Crippen LogP contribution in [0.5, 0.6) is 0 Å². The van der Waals surface area contributed by atoms with Crippen molar-refractivity contribution >= 4 is 15.9 Å². The topological polar surface area (TPSA) is 84.5 Å². The molecule has 0 saturated carbocycles. The van der Waals surface area contributed by atoms with Gasteiger partial charge in [0.05, 0.1) is 23.6 Å². The third-order valence-corrected chi connectivity index (χ3v) is 3.99. The van der Waals surface area contributed by atoms with E-state index in [1.807, 2.05) is 4.72 Å². The van der Waals surface area contributed by atoms with Gasteiger partial charge in [0.2, 0.25) is 15.9 Å². The number of amides is 1. The molecule has 1 aromatic rings. The van der Waals surface area contributed by atoms with Crippen LogP contribution in [0, 0.1) is 0 Å². The molecule has 0 fully saturated rings. The molecule has 0 radical (unpaired) electrons. The van der Waals surface area contributed by atoms with E-state index in [9.17, 15) is 26.4 Å². The first-order valence-corrected chi connectivity index (χ1v) is 7.58. The molecular formula is C12H15F3N2O4S. The van der Waals surface area contributed by atoms with Gasteiger partial charge in [0.25, 0.3) is 0 Å². The van der Waals surface area contributed by atoms with Crippen molar-refractivity contribution in [3.63, 3.8) is 0 Å². The Hall–Kier alpha value is -1.65. The van der Waals surface area contributed by atoms with Crippen LogP contribution >= 0.6 is 0 Å². The number of methoxy groups -OCH3 is 1. The van der Waals surface area contributed by atoms with E-state index in [1.54, 1.807) is 0 Å². The number of alkyl halides is 3. The zero-order chi connectivity index (χ0) is 16.8. The fraction of sp³-hybridized carbons (Fsp3) is 0.417. The largest absolute Gasteiger partial charge is 0.417 e. The summed E-state index contributed by atoms with van der Waals surface area (Å²) in [6.45, 7) is -0.274. The molecule has 0 aliphatic rings. The number of hydrogen-bond acceptors (Lipinski definition) is 4. The number of ether oxygens (including phenoxy) is 1. The third-order valence-electron chi connectivity index (χ3n) is 2.53. The Labute approximate surface area is 125 Å². The third kappa shape index (κ3) is 5.28. The Balaban J connectivity index is 2.82. The van der Waals surface area contributed by atoms with Gasteiger partial charge in [-0.1, -0.05) is 12.1 Å². The summed E-state index contributed by atoms with van der Waals surface area (Å²) in [5.74, 6) is -0.676. The lowest BCUT2D eigenvalue weighted by Gasteiger charge is -2.13. The molecule has 0 atom stereocenters. The van der Waals surface area contributed by atoms with Crippen molar-refractivity contribution in [2.45, 2.75) is 11.1 Å². The highest BCUT2D eigenvalue weighted by molar-refractivity contribution is 7.89.